The first-order valence-corrected chi connectivity index (χ1v) is 10.9. The minimum Gasteiger partial charge on any atom is -0.493 e. The van der Waals surface area contributed by atoms with Crippen molar-refractivity contribution in [3.05, 3.63) is 65.7 Å². The van der Waals surface area contributed by atoms with Crippen molar-refractivity contribution < 1.29 is 14.3 Å². The van der Waals surface area contributed by atoms with Gasteiger partial charge in [-0.2, -0.15) is 0 Å². The molecule has 0 bridgehead atoms. The lowest BCUT2D eigenvalue weighted by Crippen LogP contribution is -2.24. The molecule has 1 saturated heterocycles. The largest absolute Gasteiger partial charge is 0.493 e. The molecule has 1 fully saturated rings. The van der Waals surface area contributed by atoms with Gasteiger partial charge in [0.05, 0.1) is 31.2 Å². The van der Waals surface area contributed by atoms with E-state index in [2.05, 4.69) is 20.2 Å². The van der Waals surface area contributed by atoms with Gasteiger partial charge < -0.3 is 20.5 Å². The molecule has 1 atom stereocenters. The van der Waals surface area contributed by atoms with Gasteiger partial charge >= 0.3 is 0 Å². The van der Waals surface area contributed by atoms with Gasteiger partial charge in [-0.3, -0.25) is 14.7 Å². The number of pyridine rings is 1. The molecule has 3 heterocycles. The van der Waals surface area contributed by atoms with Crippen LogP contribution in [0.15, 0.2) is 48.8 Å². The fraction of sp³-hybridized carbons (Fsp3) is 0.333. The Hall–Kier alpha value is -3.72. The van der Waals surface area contributed by atoms with Crippen LogP contribution in [-0.4, -0.2) is 46.0 Å². The smallest absolute Gasteiger partial charge is 0.255 e. The number of carbonyl (C=O) groups excluding carboxylic acids is 1. The van der Waals surface area contributed by atoms with Gasteiger partial charge in [0.1, 0.15) is 11.6 Å². The zero-order chi connectivity index (χ0) is 23.2. The van der Waals surface area contributed by atoms with Gasteiger partial charge in [0.15, 0.2) is 18.1 Å². The lowest BCUT2D eigenvalue weighted by molar-refractivity contribution is -0.119. The lowest BCUT2D eigenvalue weighted by atomic mass is 10.1. The molecule has 1 aliphatic rings. The molecule has 172 valence electrons. The Bertz CT molecular complexity index is 1120. The highest BCUT2D eigenvalue weighted by atomic mass is 16.5. The van der Waals surface area contributed by atoms with E-state index in [0.717, 1.165) is 48.7 Å². The fourth-order valence-electron chi connectivity index (χ4n) is 4.01. The van der Waals surface area contributed by atoms with Crippen LogP contribution in [0.4, 0.5) is 11.6 Å². The van der Waals surface area contributed by atoms with Crippen molar-refractivity contribution >= 4 is 17.5 Å². The van der Waals surface area contributed by atoms with Crippen LogP contribution in [0.3, 0.4) is 0 Å². The Balaban J connectivity index is 1.47. The molecule has 0 radical (unpaired) electrons. The van der Waals surface area contributed by atoms with Gasteiger partial charge in [0.2, 0.25) is 0 Å². The highest BCUT2D eigenvalue weighted by molar-refractivity contribution is 5.75. The number of rotatable bonds is 9. The third kappa shape index (κ3) is 5.75. The second-order valence-corrected chi connectivity index (χ2v) is 7.99. The van der Waals surface area contributed by atoms with E-state index >= 15 is 0 Å². The summed E-state index contributed by atoms with van der Waals surface area (Å²) in [6.45, 7) is 3.46. The van der Waals surface area contributed by atoms with Crippen molar-refractivity contribution in [3.63, 3.8) is 0 Å². The summed E-state index contributed by atoms with van der Waals surface area (Å²) in [4.78, 5) is 27.1. The fourth-order valence-corrected chi connectivity index (χ4v) is 4.01. The summed E-state index contributed by atoms with van der Waals surface area (Å²) in [7, 11) is 1.58. The third-order valence-electron chi connectivity index (χ3n) is 5.49. The van der Waals surface area contributed by atoms with Crippen molar-refractivity contribution in [3.8, 4) is 11.5 Å². The van der Waals surface area contributed by atoms with Crippen LogP contribution >= 0.6 is 0 Å². The van der Waals surface area contributed by atoms with Crippen LogP contribution in [-0.2, 0) is 11.3 Å². The van der Waals surface area contributed by atoms with Gasteiger partial charge in [-0.1, -0.05) is 12.1 Å². The normalized spacial score (nSPS) is 15.9. The highest BCUT2D eigenvalue weighted by Gasteiger charge is 2.28. The minimum atomic E-state index is -0.531. The van der Waals surface area contributed by atoms with Crippen molar-refractivity contribution in [2.24, 2.45) is 5.73 Å². The number of anilines is 2. The van der Waals surface area contributed by atoms with Crippen LogP contribution in [0.2, 0.25) is 0 Å². The molecule has 1 amide bonds. The average molecular weight is 449 g/mol. The van der Waals surface area contributed by atoms with E-state index in [1.54, 1.807) is 19.4 Å². The molecule has 0 aliphatic carbocycles. The SMILES string of the molecule is COc1cc(CN2CCC[C@@H]2c2cncc(Nc3cccc(C)n3)n2)ccc1OCC(N)=O. The molecular formula is C24H28N6O3. The van der Waals surface area contributed by atoms with Gasteiger partial charge in [-0.15, -0.1) is 0 Å². The topological polar surface area (TPSA) is 115 Å². The number of aromatic nitrogens is 3. The quantitative estimate of drug-likeness (QED) is 0.513. The zero-order valence-electron chi connectivity index (χ0n) is 18.8. The third-order valence-corrected chi connectivity index (χ3v) is 5.49. The van der Waals surface area contributed by atoms with Gasteiger partial charge in [0, 0.05) is 12.2 Å². The molecule has 3 aromatic rings. The number of nitrogens with two attached hydrogens (primary N) is 1. The second kappa shape index (κ2) is 10.3. The Kier molecular flexibility index (Phi) is 6.99. The van der Waals surface area contributed by atoms with E-state index in [9.17, 15) is 4.79 Å². The van der Waals surface area contributed by atoms with E-state index in [1.807, 2.05) is 43.5 Å². The second-order valence-electron chi connectivity index (χ2n) is 7.99. The predicted molar refractivity (Wildman–Crippen MR) is 124 cm³/mol. The number of likely N-dealkylation sites (tertiary alicyclic amines) is 1. The standard InChI is InChI=1S/C24H28N6O3/c1-16-5-3-7-23(27-16)29-24-13-26-12-18(28-24)19-6-4-10-30(19)14-17-8-9-20(21(11-17)32-2)33-15-22(25)31/h3,5,7-9,11-13,19H,4,6,10,14-15H2,1-2H3,(H2,25,31)(H,27,28,29)/t19-/m1/s1. The number of carbonyl (C=O) groups is 1. The molecule has 3 N–H and O–H groups in total. The van der Waals surface area contributed by atoms with Gasteiger partial charge in [-0.25, -0.2) is 9.97 Å². The first-order chi connectivity index (χ1) is 16.0. The molecule has 33 heavy (non-hydrogen) atoms. The summed E-state index contributed by atoms with van der Waals surface area (Å²) in [5, 5.41) is 3.25. The van der Waals surface area contributed by atoms with Crippen LogP contribution in [0, 0.1) is 6.92 Å². The first kappa shape index (κ1) is 22.5. The van der Waals surface area contributed by atoms with E-state index in [1.165, 1.54) is 0 Å². The Morgan fingerprint density at radius 1 is 1.18 bits per heavy atom. The summed E-state index contributed by atoms with van der Waals surface area (Å²) < 4.78 is 10.9. The van der Waals surface area contributed by atoms with Crippen LogP contribution in [0.1, 0.15) is 35.8 Å². The molecule has 2 aromatic heterocycles. The molecule has 0 unspecified atom stereocenters. The van der Waals surface area contributed by atoms with Crippen LogP contribution < -0.4 is 20.5 Å². The number of hydrogen-bond donors (Lipinski definition) is 2. The molecule has 0 spiro atoms. The number of nitrogens with zero attached hydrogens (tertiary/aromatic N) is 4. The molecule has 0 saturated carbocycles. The molecule has 9 heteroatoms. The molecular weight excluding hydrogens is 420 g/mol. The number of methoxy groups -OCH3 is 1. The zero-order valence-corrected chi connectivity index (χ0v) is 18.8. The van der Waals surface area contributed by atoms with Gasteiger partial charge in [-0.05, 0) is 56.1 Å². The highest BCUT2D eigenvalue weighted by Crippen LogP contribution is 2.34. The van der Waals surface area contributed by atoms with E-state index < -0.39 is 5.91 Å². The lowest BCUT2D eigenvalue weighted by Gasteiger charge is -2.24. The summed E-state index contributed by atoms with van der Waals surface area (Å²) >= 11 is 0. The number of ether oxygens (including phenoxy) is 2. The Morgan fingerprint density at radius 3 is 2.85 bits per heavy atom. The minimum absolute atomic E-state index is 0.168. The number of nitrogens with one attached hydrogen (secondary N) is 1. The van der Waals surface area contributed by atoms with Crippen LogP contribution in [0.25, 0.3) is 0 Å². The predicted octanol–water partition coefficient (Wildman–Crippen LogP) is 3.13. The maximum atomic E-state index is 11.0. The van der Waals surface area contributed by atoms with Crippen molar-refractivity contribution in [2.45, 2.75) is 32.4 Å². The number of benzene rings is 1. The van der Waals surface area contributed by atoms with Crippen molar-refractivity contribution in [1.82, 2.24) is 19.9 Å². The van der Waals surface area contributed by atoms with Crippen molar-refractivity contribution in [1.29, 1.82) is 0 Å². The molecule has 1 aliphatic heterocycles. The Labute approximate surface area is 193 Å². The summed E-state index contributed by atoms with van der Waals surface area (Å²) in [5.74, 6) is 1.95. The van der Waals surface area contributed by atoms with Crippen LogP contribution in [0.5, 0.6) is 11.5 Å². The summed E-state index contributed by atoms with van der Waals surface area (Å²) in [6, 6.07) is 11.7. The molecule has 1 aromatic carbocycles. The van der Waals surface area contributed by atoms with E-state index in [0.29, 0.717) is 17.3 Å². The summed E-state index contributed by atoms with van der Waals surface area (Å²) in [6.07, 6.45) is 5.64. The molecule has 4 rings (SSSR count). The first-order valence-electron chi connectivity index (χ1n) is 10.9. The maximum absolute atomic E-state index is 11.0. The molecule has 9 nitrogen and oxygen atoms in total. The maximum Gasteiger partial charge on any atom is 0.255 e. The Morgan fingerprint density at radius 2 is 2.06 bits per heavy atom. The monoisotopic (exact) mass is 448 g/mol. The average Bonchev–Trinajstić information content (AvgIpc) is 3.26. The number of aryl methyl sites for hydroxylation is 1. The van der Waals surface area contributed by atoms with Crippen molar-refractivity contribution in [2.75, 3.05) is 25.6 Å². The number of hydrogen-bond acceptors (Lipinski definition) is 8. The number of amides is 1. The van der Waals surface area contributed by atoms with E-state index in [-0.39, 0.29) is 12.6 Å². The van der Waals surface area contributed by atoms with Gasteiger partial charge in [0.25, 0.3) is 5.91 Å². The summed E-state index contributed by atoms with van der Waals surface area (Å²) in [5.41, 5.74) is 8.12. The van der Waals surface area contributed by atoms with E-state index in [4.69, 9.17) is 20.2 Å². The number of primary amides is 1.